The summed E-state index contributed by atoms with van der Waals surface area (Å²) >= 11 is 10.1. The van der Waals surface area contributed by atoms with Gasteiger partial charge in [0.15, 0.2) is 0 Å². The molecular formula is C9H17Cl2NO4. The van der Waals surface area contributed by atoms with Crippen molar-refractivity contribution < 1.29 is 19.4 Å². The lowest BCUT2D eigenvalue weighted by molar-refractivity contribution is -0.138. The minimum Gasteiger partial charge on any atom is -0.480 e. The van der Waals surface area contributed by atoms with E-state index in [1.807, 2.05) is 0 Å². The number of carbonyl (C=O) groups excluding carboxylic acids is 1. The highest BCUT2D eigenvalue weighted by Gasteiger charge is 2.09. The van der Waals surface area contributed by atoms with E-state index in [0.717, 1.165) is 12.8 Å². The second kappa shape index (κ2) is 12.5. The fourth-order valence-corrected chi connectivity index (χ4v) is 0.994. The zero-order valence-corrected chi connectivity index (χ0v) is 10.6. The summed E-state index contributed by atoms with van der Waals surface area (Å²) in [6, 6.07) is -0.719. The van der Waals surface area contributed by atoms with Crippen molar-refractivity contribution in [1.29, 1.82) is 0 Å². The molecule has 1 atom stereocenters. The van der Waals surface area contributed by atoms with Gasteiger partial charge in [-0.15, -0.1) is 11.6 Å². The topological polar surface area (TPSA) is 89.6 Å². The maximum absolute atomic E-state index is 10.1. The number of alkyl halides is 1. The van der Waals surface area contributed by atoms with Gasteiger partial charge in [0.25, 0.3) is 0 Å². The summed E-state index contributed by atoms with van der Waals surface area (Å²) in [6.07, 6.45) is 2.14. The Labute approximate surface area is 105 Å². The fourth-order valence-electron chi connectivity index (χ4n) is 0.696. The zero-order chi connectivity index (χ0) is 13.0. The van der Waals surface area contributed by atoms with Crippen molar-refractivity contribution in [3.8, 4) is 0 Å². The third kappa shape index (κ3) is 15.9. The smallest absolute Gasteiger partial charge is 0.403 e. The molecule has 1 unspecified atom stereocenters. The van der Waals surface area contributed by atoms with Gasteiger partial charge in [-0.05, 0) is 19.8 Å². The van der Waals surface area contributed by atoms with Gasteiger partial charge in [0.2, 0.25) is 0 Å². The molecule has 0 saturated carbocycles. The Morgan fingerprint density at radius 1 is 1.44 bits per heavy atom. The first-order valence-corrected chi connectivity index (χ1v) is 5.73. The number of hydrogen-bond donors (Lipinski definition) is 2. The minimum atomic E-state index is -0.936. The maximum atomic E-state index is 10.1. The Morgan fingerprint density at radius 2 is 2.00 bits per heavy atom. The van der Waals surface area contributed by atoms with Crippen LogP contribution in [0.2, 0.25) is 0 Å². The molecule has 0 saturated heterocycles. The summed E-state index contributed by atoms with van der Waals surface area (Å²) in [5, 5.41) is 8.32. The largest absolute Gasteiger partial charge is 0.480 e. The number of halogens is 2. The highest BCUT2D eigenvalue weighted by atomic mass is 35.5. The number of aliphatic carboxylic acids is 1. The van der Waals surface area contributed by atoms with Crippen LogP contribution < -0.4 is 5.73 Å². The van der Waals surface area contributed by atoms with Crippen LogP contribution in [-0.4, -0.2) is 35.0 Å². The molecule has 0 spiro atoms. The Hall–Kier alpha value is -0.520. The average Bonchev–Trinajstić information content (AvgIpc) is 2.18. The van der Waals surface area contributed by atoms with Crippen molar-refractivity contribution >= 4 is 34.6 Å². The van der Waals surface area contributed by atoms with Crippen LogP contribution in [0.3, 0.4) is 0 Å². The van der Waals surface area contributed by atoms with Crippen LogP contribution in [0.25, 0.3) is 0 Å². The van der Waals surface area contributed by atoms with E-state index in [2.05, 4.69) is 4.74 Å². The molecule has 0 amide bonds. The molecule has 0 heterocycles. The number of carboxylic acid groups (broad SMARTS) is 1. The monoisotopic (exact) mass is 273 g/mol. The number of carbonyl (C=O) groups is 2. The van der Waals surface area contributed by atoms with E-state index in [1.165, 1.54) is 0 Å². The fraction of sp³-hybridized carbons (Fsp3) is 0.778. The molecule has 5 nitrogen and oxygen atoms in total. The molecule has 0 aromatic rings. The van der Waals surface area contributed by atoms with Crippen molar-refractivity contribution in [3.05, 3.63) is 0 Å². The molecule has 0 rings (SSSR count). The number of nitrogens with two attached hydrogens (primary N) is 1. The van der Waals surface area contributed by atoms with E-state index in [1.54, 1.807) is 6.92 Å². The Balaban J connectivity index is 0. The summed E-state index contributed by atoms with van der Waals surface area (Å²) in [4.78, 5) is 19.7. The van der Waals surface area contributed by atoms with E-state index in [-0.39, 0.29) is 0 Å². The van der Waals surface area contributed by atoms with Gasteiger partial charge in [0.1, 0.15) is 6.04 Å². The molecule has 7 heteroatoms. The molecular weight excluding hydrogens is 257 g/mol. The summed E-state index contributed by atoms with van der Waals surface area (Å²) in [6.45, 7) is 2.04. The molecule has 16 heavy (non-hydrogen) atoms. The highest BCUT2D eigenvalue weighted by molar-refractivity contribution is 6.61. The minimum absolute atomic E-state index is 0.350. The number of hydrogen-bond acceptors (Lipinski definition) is 4. The van der Waals surface area contributed by atoms with Gasteiger partial charge >= 0.3 is 11.4 Å². The third-order valence-electron chi connectivity index (χ3n) is 1.47. The SMILES string of the molecule is CCOC(=O)Cl.NC(CCCCCl)C(=O)O. The van der Waals surface area contributed by atoms with Crippen molar-refractivity contribution in [1.82, 2.24) is 0 Å². The van der Waals surface area contributed by atoms with Crippen molar-refractivity contribution in [3.63, 3.8) is 0 Å². The molecule has 0 aromatic carbocycles. The first-order chi connectivity index (χ1) is 7.45. The van der Waals surface area contributed by atoms with E-state index in [9.17, 15) is 9.59 Å². The average molecular weight is 274 g/mol. The first kappa shape index (κ1) is 17.9. The van der Waals surface area contributed by atoms with E-state index < -0.39 is 17.4 Å². The summed E-state index contributed by atoms with van der Waals surface area (Å²) in [7, 11) is 0. The number of unbranched alkanes of at least 4 members (excludes halogenated alkanes) is 1. The van der Waals surface area contributed by atoms with Crippen molar-refractivity contribution in [2.75, 3.05) is 12.5 Å². The number of carboxylic acids is 1. The second-order valence-electron chi connectivity index (χ2n) is 2.80. The van der Waals surface area contributed by atoms with Crippen LogP contribution >= 0.6 is 23.2 Å². The lowest BCUT2D eigenvalue weighted by atomic mass is 10.1. The Morgan fingerprint density at radius 3 is 2.25 bits per heavy atom. The standard InChI is InChI=1S/C6H12ClNO2.C3H5ClO2/c7-4-2-1-3-5(8)6(9)10;1-2-6-3(4)5/h5H,1-4,8H2,(H,9,10);2H2,1H3. The predicted octanol–water partition coefficient (Wildman–Crippen LogP) is 2.19. The molecule has 96 valence electrons. The molecule has 3 N–H and O–H groups in total. The van der Waals surface area contributed by atoms with Gasteiger partial charge in [-0.25, -0.2) is 4.79 Å². The quantitative estimate of drug-likeness (QED) is 0.440. The van der Waals surface area contributed by atoms with Gasteiger partial charge < -0.3 is 15.6 Å². The van der Waals surface area contributed by atoms with Crippen LogP contribution in [0.1, 0.15) is 26.2 Å². The lowest BCUT2D eigenvalue weighted by Gasteiger charge is -2.03. The van der Waals surface area contributed by atoms with Crippen LogP contribution in [0.4, 0.5) is 4.79 Å². The van der Waals surface area contributed by atoms with Crippen LogP contribution in [-0.2, 0) is 9.53 Å². The zero-order valence-electron chi connectivity index (χ0n) is 9.12. The normalized spacial score (nSPS) is 11.0. The lowest BCUT2D eigenvalue weighted by Crippen LogP contribution is -2.29. The van der Waals surface area contributed by atoms with Crippen LogP contribution in [0.15, 0.2) is 0 Å². The van der Waals surface area contributed by atoms with E-state index >= 15 is 0 Å². The summed E-state index contributed by atoms with van der Waals surface area (Å²) in [5.41, 5.74) is 4.48. The predicted molar refractivity (Wildman–Crippen MR) is 63.1 cm³/mol. The molecule has 0 aliphatic heterocycles. The van der Waals surface area contributed by atoms with Crippen LogP contribution in [0, 0.1) is 0 Å². The summed E-state index contributed by atoms with van der Waals surface area (Å²) in [5.74, 6) is -0.360. The van der Waals surface area contributed by atoms with Gasteiger partial charge in [0, 0.05) is 17.5 Å². The van der Waals surface area contributed by atoms with Crippen molar-refractivity contribution in [2.45, 2.75) is 32.2 Å². The molecule has 0 aromatic heterocycles. The number of rotatable bonds is 6. The molecule has 0 fully saturated rings. The van der Waals surface area contributed by atoms with Gasteiger partial charge in [-0.3, -0.25) is 4.79 Å². The Bertz CT molecular complexity index is 202. The van der Waals surface area contributed by atoms with E-state index in [0.29, 0.717) is 18.9 Å². The molecule has 0 radical (unpaired) electrons. The molecule has 0 bridgehead atoms. The first-order valence-electron chi connectivity index (χ1n) is 4.82. The molecule has 0 aliphatic rings. The van der Waals surface area contributed by atoms with Crippen molar-refractivity contribution in [2.24, 2.45) is 5.73 Å². The molecule has 0 aliphatic carbocycles. The second-order valence-corrected chi connectivity index (χ2v) is 3.49. The summed E-state index contributed by atoms with van der Waals surface area (Å²) < 4.78 is 4.17. The van der Waals surface area contributed by atoms with Gasteiger partial charge in [-0.2, -0.15) is 0 Å². The van der Waals surface area contributed by atoms with Crippen LogP contribution in [0.5, 0.6) is 0 Å². The number of ether oxygens (including phenoxy) is 1. The highest BCUT2D eigenvalue weighted by Crippen LogP contribution is 1.99. The maximum Gasteiger partial charge on any atom is 0.403 e. The van der Waals surface area contributed by atoms with E-state index in [4.69, 9.17) is 34.0 Å². The Kier molecular flexibility index (Phi) is 14.0. The third-order valence-corrected chi connectivity index (χ3v) is 1.85. The van der Waals surface area contributed by atoms with Gasteiger partial charge in [-0.1, -0.05) is 6.42 Å². The van der Waals surface area contributed by atoms with Gasteiger partial charge in [0.05, 0.1) is 6.61 Å².